The van der Waals surface area contributed by atoms with Crippen LogP contribution < -0.4 is 0 Å². The summed E-state index contributed by atoms with van der Waals surface area (Å²) in [6.07, 6.45) is 4.44. The van der Waals surface area contributed by atoms with Gasteiger partial charge in [-0.1, -0.05) is 0 Å². The quantitative estimate of drug-likeness (QED) is 0.642. The van der Waals surface area contributed by atoms with Gasteiger partial charge in [0.1, 0.15) is 0 Å². The molecule has 1 atom stereocenters. The zero-order chi connectivity index (χ0) is 10.6. The van der Waals surface area contributed by atoms with Crippen LogP contribution in [0.5, 0.6) is 0 Å². The van der Waals surface area contributed by atoms with Gasteiger partial charge in [0.2, 0.25) is 0 Å². The highest BCUT2D eigenvalue weighted by Crippen LogP contribution is 2.24. The van der Waals surface area contributed by atoms with E-state index < -0.39 is 0 Å². The molecule has 0 aliphatic carbocycles. The zero-order valence-electron chi connectivity index (χ0n) is 9.71. The number of likely N-dealkylation sites (tertiary alicyclic amines) is 1. The average molecular weight is 194 g/mol. The second kappa shape index (κ2) is 4.79. The summed E-state index contributed by atoms with van der Waals surface area (Å²) in [6.45, 7) is 9.19. The lowest BCUT2D eigenvalue weighted by Gasteiger charge is -2.34. The van der Waals surface area contributed by atoms with Gasteiger partial charge in [-0.15, -0.1) is 0 Å². The summed E-state index contributed by atoms with van der Waals surface area (Å²) >= 11 is 0. The van der Waals surface area contributed by atoms with Gasteiger partial charge in [0.15, 0.2) is 0 Å². The highest BCUT2D eigenvalue weighted by molar-refractivity contribution is 4.83. The van der Waals surface area contributed by atoms with Crippen LogP contribution in [-0.4, -0.2) is 23.5 Å². The van der Waals surface area contributed by atoms with Crippen LogP contribution in [-0.2, 0) is 0 Å². The second-order valence-electron chi connectivity index (χ2n) is 5.32. The summed E-state index contributed by atoms with van der Waals surface area (Å²) in [5, 5.41) is 8.67. The fourth-order valence-corrected chi connectivity index (χ4v) is 2.17. The Morgan fingerprint density at radius 2 is 2.00 bits per heavy atom. The van der Waals surface area contributed by atoms with Crippen molar-refractivity contribution in [3.8, 4) is 6.07 Å². The Labute approximate surface area is 87.9 Å². The van der Waals surface area contributed by atoms with Crippen molar-refractivity contribution in [2.24, 2.45) is 5.92 Å². The smallest absolute Gasteiger partial charge is 0.0624 e. The van der Waals surface area contributed by atoms with Crippen LogP contribution in [0.3, 0.4) is 0 Å². The van der Waals surface area contributed by atoms with E-state index in [1.807, 2.05) is 0 Å². The highest BCUT2D eigenvalue weighted by atomic mass is 15.2. The fourth-order valence-electron chi connectivity index (χ4n) is 2.17. The molecular formula is C12H22N2. The standard InChI is InChI=1S/C12H22N2/c1-12(2,3)14-9-4-5-11(6-8-13)7-10-14/h11H,4-7,9-10H2,1-3H3. The Balaban J connectivity index is 2.45. The molecule has 2 heteroatoms. The zero-order valence-corrected chi connectivity index (χ0v) is 9.71. The van der Waals surface area contributed by atoms with Crippen LogP contribution in [0.4, 0.5) is 0 Å². The van der Waals surface area contributed by atoms with Gasteiger partial charge in [0, 0.05) is 12.0 Å². The third kappa shape index (κ3) is 3.31. The van der Waals surface area contributed by atoms with E-state index in [1.165, 1.54) is 25.8 Å². The SMILES string of the molecule is CC(C)(C)N1CCCC(CC#N)CC1. The molecule has 0 saturated carbocycles. The number of hydrogen-bond acceptors (Lipinski definition) is 2. The third-order valence-corrected chi connectivity index (χ3v) is 3.18. The molecule has 80 valence electrons. The van der Waals surface area contributed by atoms with Gasteiger partial charge in [0.05, 0.1) is 6.07 Å². The molecule has 0 radical (unpaired) electrons. The van der Waals surface area contributed by atoms with E-state index in [0.29, 0.717) is 11.5 Å². The first kappa shape index (κ1) is 11.5. The average Bonchev–Trinajstić information content (AvgIpc) is 2.29. The molecular weight excluding hydrogens is 172 g/mol. The van der Waals surface area contributed by atoms with Gasteiger partial charge in [-0.05, 0) is 59.0 Å². The van der Waals surface area contributed by atoms with Crippen molar-refractivity contribution in [1.82, 2.24) is 4.90 Å². The van der Waals surface area contributed by atoms with Crippen molar-refractivity contribution < 1.29 is 0 Å². The van der Waals surface area contributed by atoms with E-state index in [9.17, 15) is 0 Å². The molecule has 1 aliphatic rings. The number of nitrogens with zero attached hydrogens (tertiary/aromatic N) is 2. The molecule has 1 saturated heterocycles. The van der Waals surface area contributed by atoms with Gasteiger partial charge in [-0.2, -0.15) is 5.26 Å². The van der Waals surface area contributed by atoms with Crippen molar-refractivity contribution in [2.45, 2.75) is 52.0 Å². The van der Waals surface area contributed by atoms with Gasteiger partial charge in [-0.25, -0.2) is 0 Å². The normalized spacial score (nSPS) is 25.4. The molecule has 0 aromatic carbocycles. The Bertz CT molecular complexity index is 209. The van der Waals surface area contributed by atoms with Crippen LogP contribution in [0, 0.1) is 17.2 Å². The van der Waals surface area contributed by atoms with E-state index in [-0.39, 0.29) is 0 Å². The number of nitriles is 1. The first-order valence-electron chi connectivity index (χ1n) is 5.66. The maximum absolute atomic E-state index is 8.67. The molecule has 0 N–H and O–H groups in total. The van der Waals surface area contributed by atoms with E-state index in [1.54, 1.807) is 0 Å². The van der Waals surface area contributed by atoms with E-state index in [4.69, 9.17) is 5.26 Å². The summed E-state index contributed by atoms with van der Waals surface area (Å²) in [5.41, 5.74) is 0.293. The number of hydrogen-bond donors (Lipinski definition) is 0. The second-order valence-corrected chi connectivity index (χ2v) is 5.32. The van der Waals surface area contributed by atoms with Gasteiger partial charge < -0.3 is 0 Å². The van der Waals surface area contributed by atoms with Crippen LogP contribution >= 0.6 is 0 Å². The van der Waals surface area contributed by atoms with Crippen LogP contribution in [0.1, 0.15) is 46.5 Å². The van der Waals surface area contributed by atoms with E-state index >= 15 is 0 Å². The third-order valence-electron chi connectivity index (χ3n) is 3.18. The minimum absolute atomic E-state index is 0.293. The minimum Gasteiger partial charge on any atom is -0.298 e. The molecule has 0 amide bonds. The van der Waals surface area contributed by atoms with Gasteiger partial charge >= 0.3 is 0 Å². The van der Waals surface area contributed by atoms with Crippen molar-refractivity contribution in [3.05, 3.63) is 0 Å². The summed E-state index contributed by atoms with van der Waals surface area (Å²) < 4.78 is 0. The van der Waals surface area contributed by atoms with Crippen molar-refractivity contribution in [1.29, 1.82) is 5.26 Å². The van der Waals surface area contributed by atoms with Crippen molar-refractivity contribution in [3.63, 3.8) is 0 Å². The van der Waals surface area contributed by atoms with Gasteiger partial charge in [0.25, 0.3) is 0 Å². The molecule has 2 nitrogen and oxygen atoms in total. The Morgan fingerprint density at radius 3 is 2.57 bits per heavy atom. The summed E-state index contributed by atoms with van der Waals surface area (Å²) in [6, 6.07) is 2.30. The van der Waals surface area contributed by atoms with E-state index in [0.717, 1.165) is 13.0 Å². The summed E-state index contributed by atoms with van der Waals surface area (Å²) in [4.78, 5) is 2.55. The maximum Gasteiger partial charge on any atom is 0.0624 e. The monoisotopic (exact) mass is 194 g/mol. The predicted molar refractivity (Wildman–Crippen MR) is 58.9 cm³/mol. The molecule has 0 aromatic heterocycles. The van der Waals surface area contributed by atoms with Crippen LogP contribution in [0.25, 0.3) is 0 Å². The minimum atomic E-state index is 0.293. The molecule has 14 heavy (non-hydrogen) atoms. The molecule has 0 aromatic rings. The largest absolute Gasteiger partial charge is 0.298 e. The van der Waals surface area contributed by atoms with Crippen molar-refractivity contribution >= 4 is 0 Å². The lowest BCUT2D eigenvalue weighted by molar-refractivity contribution is 0.141. The van der Waals surface area contributed by atoms with Crippen molar-refractivity contribution in [2.75, 3.05) is 13.1 Å². The lowest BCUT2D eigenvalue weighted by Crippen LogP contribution is -2.41. The first-order valence-corrected chi connectivity index (χ1v) is 5.66. The maximum atomic E-state index is 8.67. The fraction of sp³-hybridized carbons (Fsp3) is 0.917. The van der Waals surface area contributed by atoms with Crippen LogP contribution in [0.15, 0.2) is 0 Å². The Hall–Kier alpha value is -0.550. The highest BCUT2D eigenvalue weighted by Gasteiger charge is 2.24. The molecule has 0 spiro atoms. The van der Waals surface area contributed by atoms with Crippen LogP contribution in [0.2, 0.25) is 0 Å². The Kier molecular flexibility index (Phi) is 3.95. The molecule has 1 heterocycles. The Morgan fingerprint density at radius 1 is 1.29 bits per heavy atom. The topological polar surface area (TPSA) is 27.0 Å². The molecule has 0 bridgehead atoms. The first-order chi connectivity index (χ1) is 6.54. The molecule has 1 aliphatic heterocycles. The number of rotatable bonds is 1. The molecule has 1 unspecified atom stereocenters. The van der Waals surface area contributed by atoms with E-state index in [2.05, 4.69) is 31.7 Å². The summed E-state index contributed by atoms with van der Waals surface area (Å²) in [7, 11) is 0. The lowest BCUT2D eigenvalue weighted by atomic mass is 9.98. The molecule has 1 fully saturated rings. The molecule has 1 rings (SSSR count). The summed E-state index contributed by atoms with van der Waals surface area (Å²) in [5.74, 6) is 0.646. The van der Waals surface area contributed by atoms with Gasteiger partial charge in [-0.3, -0.25) is 4.90 Å². The predicted octanol–water partition coefficient (Wildman–Crippen LogP) is 2.80.